The predicted octanol–water partition coefficient (Wildman–Crippen LogP) is 4.43. The van der Waals surface area contributed by atoms with E-state index in [0.717, 1.165) is 28.0 Å². The molecule has 2 N–H and O–H groups in total. The number of carbonyl (C=O) groups is 1. The van der Waals surface area contributed by atoms with Crippen molar-refractivity contribution in [3.63, 3.8) is 0 Å². The monoisotopic (exact) mass is 457 g/mol. The number of aromatic nitrogens is 4. The van der Waals surface area contributed by atoms with Gasteiger partial charge in [-0.3, -0.25) is 4.79 Å². The largest absolute Gasteiger partial charge is 0.491 e. The average molecular weight is 458 g/mol. The second kappa shape index (κ2) is 11.2. The highest BCUT2D eigenvalue weighted by molar-refractivity contribution is 6.01. The number of ether oxygens (including phenoxy) is 2. The SMILES string of the molecule is CCOCCOc1ccc(C)c(-c2ccnc(NC(=O)c3nnc(Cc4ccccc4)[nH]3)c2)c1. The summed E-state index contributed by atoms with van der Waals surface area (Å²) in [5, 5.41) is 10.9. The second-order valence-electron chi connectivity index (χ2n) is 7.69. The van der Waals surface area contributed by atoms with E-state index in [1.54, 1.807) is 6.20 Å². The molecule has 34 heavy (non-hydrogen) atoms. The molecular weight excluding hydrogens is 430 g/mol. The Kier molecular flexibility index (Phi) is 7.62. The van der Waals surface area contributed by atoms with Gasteiger partial charge in [-0.25, -0.2) is 4.98 Å². The summed E-state index contributed by atoms with van der Waals surface area (Å²) in [5.41, 5.74) is 4.08. The molecule has 0 radical (unpaired) electrons. The summed E-state index contributed by atoms with van der Waals surface area (Å²) < 4.78 is 11.1. The van der Waals surface area contributed by atoms with Crippen LogP contribution in [0.2, 0.25) is 0 Å². The molecule has 0 saturated heterocycles. The lowest BCUT2D eigenvalue weighted by molar-refractivity contribution is 0.101. The first-order valence-corrected chi connectivity index (χ1v) is 11.2. The molecule has 4 rings (SSSR count). The number of carbonyl (C=O) groups excluding carboxylic acids is 1. The minimum atomic E-state index is -0.402. The van der Waals surface area contributed by atoms with E-state index in [1.807, 2.05) is 74.5 Å². The van der Waals surface area contributed by atoms with Crippen molar-refractivity contribution in [1.82, 2.24) is 20.2 Å². The van der Waals surface area contributed by atoms with Crippen molar-refractivity contribution in [3.05, 3.63) is 89.6 Å². The van der Waals surface area contributed by atoms with Crippen molar-refractivity contribution >= 4 is 11.7 Å². The van der Waals surface area contributed by atoms with Gasteiger partial charge in [0.25, 0.3) is 5.91 Å². The van der Waals surface area contributed by atoms with E-state index in [0.29, 0.717) is 37.9 Å². The van der Waals surface area contributed by atoms with E-state index in [-0.39, 0.29) is 5.82 Å². The van der Waals surface area contributed by atoms with Gasteiger partial charge in [0, 0.05) is 19.2 Å². The first-order chi connectivity index (χ1) is 16.6. The fourth-order valence-corrected chi connectivity index (χ4v) is 3.47. The lowest BCUT2D eigenvalue weighted by Gasteiger charge is -2.12. The molecule has 1 amide bonds. The van der Waals surface area contributed by atoms with Crippen LogP contribution in [0, 0.1) is 6.92 Å². The third-order valence-corrected chi connectivity index (χ3v) is 5.18. The molecule has 0 aliphatic heterocycles. The molecule has 2 heterocycles. The van der Waals surface area contributed by atoms with Crippen molar-refractivity contribution in [2.45, 2.75) is 20.3 Å². The normalized spacial score (nSPS) is 10.8. The Morgan fingerprint density at radius 3 is 2.71 bits per heavy atom. The minimum absolute atomic E-state index is 0.138. The Labute approximate surface area is 198 Å². The van der Waals surface area contributed by atoms with Crippen LogP contribution in [-0.2, 0) is 11.2 Å². The summed E-state index contributed by atoms with van der Waals surface area (Å²) in [6.45, 7) is 5.67. The topological polar surface area (TPSA) is 102 Å². The maximum atomic E-state index is 12.7. The van der Waals surface area contributed by atoms with Crippen molar-refractivity contribution in [3.8, 4) is 16.9 Å². The minimum Gasteiger partial charge on any atom is -0.491 e. The highest BCUT2D eigenvalue weighted by Crippen LogP contribution is 2.29. The number of nitrogens with zero attached hydrogens (tertiary/aromatic N) is 3. The predicted molar refractivity (Wildman–Crippen MR) is 130 cm³/mol. The average Bonchev–Trinajstić information content (AvgIpc) is 3.32. The number of rotatable bonds is 10. The van der Waals surface area contributed by atoms with Crippen LogP contribution >= 0.6 is 0 Å². The van der Waals surface area contributed by atoms with Crippen molar-refractivity contribution < 1.29 is 14.3 Å². The molecule has 0 aliphatic carbocycles. The summed E-state index contributed by atoms with van der Waals surface area (Å²) in [7, 11) is 0. The first kappa shape index (κ1) is 23.1. The van der Waals surface area contributed by atoms with Gasteiger partial charge in [0.05, 0.1) is 6.61 Å². The van der Waals surface area contributed by atoms with Gasteiger partial charge < -0.3 is 19.8 Å². The fraction of sp³-hybridized carbons (Fsp3) is 0.231. The zero-order valence-corrected chi connectivity index (χ0v) is 19.2. The summed E-state index contributed by atoms with van der Waals surface area (Å²) in [5.74, 6) is 1.54. The molecule has 2 aromatic carbocycles. The van der Waals surface area contributed by atoms with E-state index >= 15 is 0 Å². The van der Waals surface area contributed by atoms with Crippen molar-refractivity contribution in [2.24, 2.45) is 0 Å². The summed E-state index contributed by atoms with van der Waals surface area (Å²) >= 11 is 0. The number of hydrogen-bond acceptors (Lipinski definition) is 6. The molecule has 0 aliphatic rings. The van der Waals surface area contributed by atoms with Gasteiger partial charge in [-0.05, 0) is 60.4 Å². The number of amides is 1. The lowest BCUT2D eigenvalue weighted by atomic mass is 10.0. The molecule has 0 spiro atoms. The lowest BCUT2D eigenvalue weighted by Crippen LogP contribution is -2.14. The van der Waals surface area contributed by atoms with Gasteiger partial charge in [-0.2, -0.15) is 0 Å². The summed E-state index contributed by atoms with van der Waals surface area (Å²) in [4.78, 5) is 20.0. The molecule has 0 fully saturated rings. The Hall–Kier alpha value is -4.04. The van der Waals surface area contributed by atoms with E-state index in [1.165, 1.54) is 0 Å². The molecule has 174 valence electrons. The van der Waals surface area contributed by atoms with E-state index in [4.69, 9.17) is 9.47 Å². The second-order valence-corrected chi connectivity index (χ2v) is 7.69. The van der Waals surface area contributed by atoms with Gasteiger partial charge in [-0.1, -0.05) is 36.4 Å². The van der Waals surface area contributed by atoms with Gasteiger partial charge in [0.15, 0.2) is 0 Å². The fourth-order valence-electron chi connectivity index (χ4n) is 3.47. The number of benzene rings is 2. The van der Waals surface area contributed by atoms with Crippen LogP contribution in [0.25, 0.3) is 11.1 Å². The van der Waals surface area contributed by atoms with Crippen molar-refractivity contribution in [1.29, 1.82) is 0 Å². The zero-order valence-electron chi connectivity index (χ0n) is 19.2. The molecule has 2 aromatic heterocycles. The molecule has 4 aromatic rings. The highest BCUT2D eigenvalue weighted by Gasteiger charge is 2.14. The summed E-state index contributed by atoms with van der Waals surface area (Å²) in [6.07, 6.45) is 2.23. The third kappa shape index (κ3) is 6.05. The van der Waals surface area contributed by atoms with Gasteiger partial charge >= 0.3 is 0 Å². The molecule has 8 heteroatoms. The van der Waals surface area contributed by atoms with E-state index in [2.05, 4.69) is 25.5 Å². The van der Waals surface area contributed by atoms with E-state index < -0.39 is 5.91 Å². The number of aromatic amines is 1. The Balaban J connectivity index is 1.44. The quantitative estimate of drug-likeness (QED) is 0.342. The van der Waals surface area contributed by atoms with Gasteiger partial charge in [0.2, 0.25) is 5.82 Å². The maximum absolute atomic E-state index is 12.7. The number of hydrogen-bond donors (Lipinski definition) is 2. The Bertz CT molecular complexity index is 1240. The van der Waals surface area contributed by atoms with Crippen LogP contribution in [0.1, 0.15) is 34.5 Å². The van der Waals surface area contributed by atoms with Gasteiger partial charge in [-0.15, -0.1) is 10.2 Å². The highest BCUT2D eigenvalue weighted by atomic mass is 16.5. The Morgan fingerprint density at radius 2 is 1.88 bits per heavy atom. The Morgan fingerprint density at radius 1 is 1.03 bits per heavy atom. The van der Waals surface area contributed by atoms with E-state index in [9.17, 15) is 4.79 Å². The maximum Gasteiger partial charge on any atom is 0.294 e. The number of aryl methyl sites for hydroxylation is 1. The zero-order chi connectivity index (χ0) is 23.8. The van der Waals surface area contributed by atoms with Gasteiger partial charge in [0.1, 0.15) is 24.0 Å². The molecule has 0 bridgehead atoms. The number of H-pyrrole nitrogens is 1. The molecular formula is C26H27N5O3. The number of pyridine rings is 1. The smallest absolute Gasteiger partial charge is 0.294 e. The standard InChI is InChI=1S/C26H27N5O3/c1-3-33-13-14-34-21-10-9-18(2)22(17-21)20-11-12-27-23(16-20)29-26(32)25-28-24(30-31-25)15-19-7-5-4-6-8-19/h4-12,16-17H,3,13-15H2,1-2H3,(H,27,29,32)(H,28,30,31). The third-order valence-electron chi connectivity index (χ3n) is 5.18. The number of anilines is 1. The van der Waals surface area contributed by atoms with Crippen LogP contribution in [0.4, 0.5) is 5.82 Å². The summed E-state index contributed by atoms with van der Waals surface area (Å²) in [6, 6.07) is 19.5. The van der Waals surface area contributed by atoms with Crippen LogP contribution < -0.4 is 10.1 Å². The number of nitrogens with one attached hydrogen (secondary N) is 2. The molecule has 0 atom stereocenters. The molecule has 8 nitrogen and oxygen atoms in total. The van der Waals surface area contributed by atoms with Crippen LogP contribution in [0.15, 0.2) is 66.9 Å². The first-order valence-electron chi connectivity index (χ1n) is 11.2. The van der Waals surface area contributed by atoms with Crippen LogP contribution in [0.3, 0.4) is 0 Å². The van der Waals surface area contributed by atoms with Crippen molar-refractivity contribution in [2.75, 3.05) is 25.1 Å². The molecule has 0 unspecified atom stereocenters. The van der Waals surface area contributed by atoms with Crippen LogP contribution in [0.5, 0.6) is 5.75 Å². The molecule has 0 saturated carbocycles. The van der Waals surface area contributed by atoms with Crippen LogP contribution in [-0.4, -0.2) is 45.9 Å².